The molecule has 1 saturated heterocycles. The maximum Gasteiger partial charge on any atom is 0.202 e. The van der Waals surface area contributed by atoms with Gasteiger partial charge in [-0.25, -0.2) is 4.98 Å². The van der Waals surface area contributed by atoms with Crippen LogP contribution in [0, 0.1) is 11.8 Å². The Labute approximate surface area is 71.8 Å². The van der Waals surface area contributed by atoms with Gasteiger partial charge in [0.1, 0.15) is 0 Å². The van der Waals surface area contributed by atoms with E-state index in [0.717, 1.165) is 17.8 Å². The molecule has 3 nitrogen and oxygen atoms in total. The molecule has 2 fully saturated rings. The normalized spacial score (nSPS) is 33.2. The fourth-order valence-electron chi connectivity index (χ4n) is 2.36. The van der Waals surface area contributed by atoms with Gasteiger partial charge in [0.05, 0.1) is 0 Å². The van der Waals surface area contributed by atoms with E-state index in [0.29, 0.717) is 0 Å². The van der Waals surface area contributed by atoms with Gasteiger partial charge < -0.3 is 9.88 Å². The maximum atomic E-state index is 4.27. The van der Waals surface area contributed by atoms with Crippen LogP contribution in [0.15, 0.2) is 12.4 Å². The van der Waals surface area contributed by atoms with E-state index in [2.05, 4.69) is 14.9 Å². The standard InChI is InChI=1S/C9H13N3/c1-2-8-6-12(5-7(1)8)9-10-3-4-11-9/h3-4,7-8H,1-2,5-6H2,(H,10,11). The van der Waals surface area contributed by atoms with Crippen LogP contribution in [0.5, 0.6) is 0 Å². The first-order chi connectivity index (χ1) is 5.93. The number of hydrogen-bond acceptors (Lipinski definition) is 2. The Morgan fingerprint density at radius 3 is 2.58 bits per heavy atom. The zero-order valence-electron chi connectivity index (χ0n) is 7.03. The monoisotopic (exact) mass is 163 g/mol. The van der Waals surface area contributed by atoms with E-state index in [4.69, 9.17) is 0 Å². The highest BCUT2D eigenvalue weighted by atomic mass is 15.3. The van der Waals surface area contributed by atoms with Crippen LogP contribution in [0.25, 0.3) is 0 Å². The highest BCUT2D eigenvalue weighted by Crippen LogP contribution is 2.41. The first-order valence-electron chi connectivity index (χ1n) is 4.68. The predicted octanol–water partition coefficient (Wildman–Crippen LogP) is 1.26. The summed E-state index contributed by atoms with van der Waals surface area (Å²) in [5.74, 6) is 3.00. The molecule has 0 radical (unpaired) electrons. The molecule has 0 bridgehead atoms. The summed E-state index contributed by atoms with van der Waals surface area (Å²) < 4.78 is 0. The Balaban J connectivity index is 1.79. The first-order valence-corrected chi connectivity index (χ1v) is 4.68. The fourth-order valence-corrected chi connectivity index (χ4v) is 2.36. The number of imidazole rings is 1. The minimum absolute atomic E-state index is 0.968. The lowest BCUT2D eigenvalue weighted by Gasteiger charge is -2.27. The molecule has 2 atom stereocenters. The van der Waals surface area contributed by atoms with Gasteiger partial charge in [0.25, 0.3) is 0 Å². The quantitative estimate of drug-likeness (QED) is 0.675. The van der Waals surface area contributed by atoms with E-state index in [1.807, 2.05) is 12.4 Å². The van der Waals surface area contributed by atoms with Crippen molar-refractivity contribution in [3.63, 3.8) is 0 Å². The molecule has 0 spiro atoms. The SMILES string of the molecule is c1c[nH]c(N2CC3CCC3C2)n1. The number of aromatic amines is 1. The lowest BCUT2D eigenvalue weighted by molar-refractivity contribution is 0.243. The van der Waals surface area contributed by atoms with Crippen LogP contribution < -0.4 is 4.90 Å². The molecular weight excluding hydrogens is 150 g/mol. The number of fused-ring (bicyclic) bond motifs is 1. The van der Waals surface area contributed by atoms with Crippen molar-refractivity contribution >= 4 is 5.95 Å². The Bertz CT molecular complexity index is 255. The molecule has 64 valence electrons. The van der Waals surface area contributed by atoms with E-state index in [-0.39, 0.29) is 0 Å². The van der Waals surface area contributed by atoms with Gasteiger partial charge >= 0.3 is 0 Å². The molecule has 2 unspecified atom stereocenters. The first kappa shape index (κ1) is 6.52. The summed E-state index contributed by atoms with van der Waals surface area (Å²) in [6.45, 7) is 2.44. The van der Waals surface area contributed by atoms with Crippen molar-refractivity contribution in [3.8, 4) is 0 Å². The molecule has 12 heavy (non-hydrogen) atoms. The van der Waals surface area contributed by atoms with Gasteiger partial charge in [0.2, 0.25) is 5.95 Å². The third-order valence-corrected chi connectivity index (χ3v) is 3.27. The van der Waals surface area contributed by atoms with Crippen LogP contribution in [0.1, 0.15) is 12.8 Å². The summed E-state index contributed by atoms with van der Waals surface area (Å²) in [5, 5.41) is 0. The van der Waals surface area contributed by atoms with Crippen LogP contribution in [-0.4, -0.2) is 23.1 Å². The van der Waals surface area contributed by atoms with Crippen molar-refractivity contribution in [1.29, 1.82) is 0 Å². The van der Waals surface area contributed by atoms with Crippen LogP contribution in [-0.2, 0) is 0 Å². The molecule has 1 aliphatic heterocycles. The van der Waals surface area contributed by atoms with Crippen molar-refractivity contribution in [2.75, 3.05) is 18.0 Å². The van der Waals surface area contributed by atoms with Crippen LogP contribution in [0.4, 0.5) is 5.95 Å². The number of rotatable bonds is 1. The van der Waals surface area contributed by atoms with Crippen molar-refractivity contribution in [1.82, 2.24) is 9.97 Å². The van der Waals surface area contributed by atoms with Gasteiger partial charge in [-0.05, 0) is 24.7 Å². The molecule has 3 heteroatoms. The van der Waals surface area contributed by atoms with Gasteiger partial charge in [-0.3, -0.25) is 0 Å². The van der Waals surface area contributed by atoms with Crippen molar-refractivity contribution in [3.05, 3.63) is 12.4 Å². The third-order valence-electron chi connectivity index (χ3n) is 3.27. The summed E-state index contributed by atoms with van der Waals surface area (Å²) in [5.41, 5.74) is 0. The molecule has 0 aromatic carbocycles. The molecule has 2 aliphatic rings. The molecule has 1 aromatic rings. The van der Waals surface area contributed by atoms with Gasteiger partial charge in [-0.15, -0.1) is 0 Å². The van der Waals surface area contributed by atoms with Crippen molar-refractivity contribution in [2.24, 2.45) is 11.8 Å². The third kappa shape index (κ3) is 0.792. The number of anilines is 1. The molecule has 3 rings (SSSR count). The van der Waals surface area contributed by atoms with E-state index in [1.54, 1.807) is 0 Å². The molecule has 1 saturated carbocycles. The largest absolute Gasteiger partial charge is 0.342 e. The second-order valence-corrected chi connectivity index (χ2v) is 3.92. The number of nitrogens with zero attached hydrogens (tertiary/aromatic N) is 2. The van der Waals surface area contributed by atoms with Crippen molar-refractivity contribution in [2.45, 2.75) is 12.8 Å². The second kappa shape index (κ2) is 2.25. The Morgan fingerprint density at radius 1 is 1.33 bits per heavy atom. The van der Waals surface area contributed by atoms with Crippen LogP contribution in [0.3, 0.4) is 0 Å². The van der Waals surface area contributed by atoms with E-state index in [9.17, 15) is 0 Å². The van der Waals surface area contributed by atoms with Gasteiger partial charge in [0, 0.05) is 25.5 Å². The van der Waals surface area contributed by atoms with E-state index >= 15 is 0 Å². The number of nitrogens with one attached hydrogen (secondary N) is 1. The summed E-state index contributed by atoms with van der Waals surface area (Å²) in [6, 6.07) is 0. The molecular formula is C9H13N3. The van der Waals surface area contributed by atoms with Gasteiger partial charge in [0.15, 0.2) is 0 Å². The molecule has 1 aliphatic carbocycles. The maximum absolute atomic E-state index is 4.27. The zero-order valence-corrected chi connectivity index (χ0v) is 7.03. The summed E-state index contributed by atoms with van der Waals surface area (Å²) >= 11 is 0. The van der Waals surface area contributed by atoms with Crippen LogP contribution >= 0.6 is 0 Å². The average molecular weight is 163 g/mol. The van der Waals surface area contributed by atoms with Gasteiger partial charge in [-0.2, -0.15) is 0 Å². The minimum Gasteiger partial charge on any atom is -0.342 e. The Hall–Kier alpha value is -0.990. The molecule has 1 N–H and O–H groups in total. The average Bonchev–Trinajstić information content (AvgIpc) is 2.61. The highest BCUT2D eigenvalue weighted by molar-refractivity contribution is 5.32. The van der Waals surface area contributed by atoms with Gasteiger partial charge in [-0.1, -0.05) is 0 Å². The Kier molecular flexibility index (Phi) is 1.22. The van der Waals surface area contributed by atoms with E-state index < -0.39 is 0 Å². The number of hydrogen-bond donors (Lipinski definition) is 1. The zero-order chi connectivity index (χ0) is 7.97. The molecule has 0 amide bonds. The lowest BCUT2D eigenvalue weighted by atomic mass is 9.77. The molecule has 1 aromatic heterocycles. The van der Waals surface area contributed by atoms with E-state index in [1.165, 1.54) is 25.9 Å². The number of H-pyrrole nitrogens is 1. The van der Waals surface area contributed by atoms with Crippen LogP contribution in [0.2, 0.25) is 0 Å². The summed E-state index contributed by atoms with van der Waals surface area (Å²) in [7, 11) is 0. The predicted molar refractivity (Wildman–Crippen MR) is 47.0 cm³/mol. The fraction of sp³-hybridized carbons (Fsp3) is 0.667. The highest BCUT2D eigenvalue weighted by Gasteiger charge is 2.39. The number of aromatic nitrogens is 2. The second-order valence-electron chi connectivity index (χ2n) is 3.92. The lowest BCUT2D eigenvalue weighted by Crippen LogP contribution is -2.22. The topological polar surface area (TPSA) is 31.9 Å². The van der Waals surface area contributed by atoms with Crippen molar-refractivity contribution < 1.29 is 0 Å². The Morgan fingerprint density at radius 2 is 2.08 bits per heavy atom. The minimum atomic E-state index is 0.968. The summed E-state index contributed by atoms with van der Waals surface area (Å²) in [6.07, 6.45) is 6.59. The summed E-state index contributed by atoms with van der Waals surface area (Å²) in [4.78, 5) is 9.81. The smallest absolute Gasteiger partial charge is 0.202 e. The molecule has 2 heterocycles.